The lowest BCUT2D eigenvalue weighted by Crippen LogP contribution is -2.29. The zero-order valence-electron chi connectivity index (χ0n) is 15.0. The molecule has 0 radical (unpaired) electrons. The molecule has 3 aromatic rings. The van der Waals surface area contributed by atoms with E-state index < -0.39 is 10.0 Å². The molecule has 4 rings (SSSR count). The van der Waals surface area contributed by atoms with E-state index in [1.54, 1.807) is 22.4 Å². The van der Waals surface area contributed by atoms with Crippen LogP contribution >= 0.6 is 11.3 Å². The van der Waals surface area contributed by atoms with Crippen LogP contribution in [0.4, 0.5) is 10.8 Å². The summed E-state index contributed by atoms with van der Waals surface area (Å²) in [5.74, 6) is 0.322. The summed E-state index contributed by atoms with van der Waals surface area (Å²) in [7, 11) is -2.29. The summed E-state index contributed by atoms with van der Waals surface area (Å²) in [6, 6.07) is 13.8. The smallest absolute Gasteiger partial charge is 0.277 e. The summed E-state index contributed by atoms with van der Waals surface area (Å²) in [6.45, 7) is 0.586. The number of methoxy groups -OCH3 is 1. The topological polar surface area (TPSA) is 88.6 Å². The van der Waals surface area contributed by atoms with Gasteiger partial charge in [0, 0.05) is 17.6 Å². The van der Waals surface area contributed by atoms with E-state index in [2.05, 4.69) is 9.71 Å². The number of para-hydroxylation sites is 1. The number of nitrogens with one attached hydrogen (secondary N) is 1. The number of anilines is 2. The van der Waals surface area contributed by atoms with Crippen LogP contribution in [-0.2, 0) is 16.4 Å². The van der Waals surface area contributed by atoms with E-state index in [1.165, 1.54) is 19.2 Å². The molecule has 0 bridgehead atoms. The fourth-order valence-corrected chi connectivity index (χ4v) is 4.97. The summed E-state index contributed by atoms with van der Waals surface area (Å²) in [5.41, 5.74) is 2.21. The van der Waals surface area contributed by atoms with Gasteiger partial charge in [0.1, 0.15) is 11.4 Å². The average Bonchev–Trinajstić information content (AvgIpc) is 3.34. The Morgan fingerprint density at radius 2 is 1.93 bits per heavy atom. The summed E-state index contributed by atoms with van der Waals surface area (Å²) in [6.07, 6.45) is 0.795. The van der Waals surface area contributed by atoms with E-state index in [1.807, 2.05) is 24.3 Å². The van der Waals surface area contributed by atoms with Gasteiger partial charge in [-0.25, -0.2) is 13.4 Å². The molecule has 0 fully saturated rings. The Kier molecular flexibility index (Phi) is 4.78. The Balaban J connectivity index is 1.52. The number of hydrogen-bond acceptors (Lipinski definition) is 6. The van der Waals surface area contributed by atoms with Gasteiger partial charge in [-0.3, -0.25) is 9.52 Å². The largest absolute Gasteiger partial charge is 0.497 e. The van der Waals surface area contributed by atoms with Gasteiger partial charge in [0.2, 0.25) is 0 Å². The third-order valence-corrected chi connectivity index (χ3v) is 6.69. The number of aromatic nitrogens is 1. The molecule has 0 saturated heterocycles. The van der Waals surface area contributed by atoms with E-state index in [0.717, 1.165) is 29.0 Å². The van der Waals surface area contributed by atoms with Gasteiger partial charge >= 0.3 is 0 Å². The van der Waals surface area contributed by atoms with Gasteiger partial charge in [0.25, 0.3) is 15.9 Å². The molecule has 2 heterocycles. The number of rotatable bonds is 5. The molecular formula is C19H17N3O4S2. The predicted octanol–water partition coefficient (Wildman–Crippen LogP) is 3.16. The number of hydrogen-bond donors (Lipinski definition) is 1. The molecule has 2 aromatic carbocycles. The Morgan fingerprint density at radius 1 is 1.18 bits per heavy atom. The van der Waals surface area contributed by atoms with Crippen LogP contribution in [0.1, 0.15) is 16.1 Å². The first-order valence-corrected chi connectivity index (χ1v) is 10.9. The average molecular weight is 415 g/mol. The molecule has 0 spiro atoms. The number of sulfonamides is 1. The number of fused-ring (bicyclic) bond motifs is 1. The van der Waals surface area contributed by atoms with Crippen molar-refractivity contribution in [3.8, 4) is 5.75 Å². The molecule has 0 saturated carbocycles. The van der Waals surface area contributed by atoms with Crippen molar-refractivity contribution in [3.05, 3.63) is 65.2 Å². The van der Waals surface area contributed by atoms with Gasteiger partial charge in [0.15, 0.2) is 5.13 Å². The van der Waals surface area contributed by atoms with Crippen LogP contribution in [0.5, 0.6) is 5.75 Å². The predicted molar refractivity (Wildman–Crippen MR) is 108 cm³/mol. The SMILES string of the molecule is COc1ccc(S(=O)(=O)Nc2nc(C(=O)N3CCc4ccccc43)cs2)cc1. The summed E-state index contributed by atoms with van der Waals surface area (Å²) >= 11 is 1.07. The lowest BCUT2D eigenvalue weighted by Gasteiger charge is -2.15. The minimum atomic E-state index is -3.80. The normalized spacial score (nSPS) is 13.2. The Labute approximate surface area is 166 Å². The van der Waals surface area contributed by atoms with Gasteiger partial charge in [-0.1, -0.05) is 18.2 Å². The van der Waals surface area contributed by atoms with Crippen LogP contribution in [0.2, 0.25) is 0 Å². The van der Waals surface area contributed by atoms with Crippen molar-refractivity contribution in [2.75, 3.05) is 23.3 Å². The first-order chi connectivity index (χ1) is 13.5. The number of ether oxygens (including phenoxy) is 1. The third kappa shape index (κ3) is 3.46. The van der Waals surface area contributed by atoms with Crippen LogP contribution < -0.4 is 14.4 Å². The number of amides is 1. The Morgan fingerprint density at radius 3 is 2.68 bits per heavy atom. The Hall–Kier alpha value is -2.91. The first-order valence-electron chi connectivity index (χ1n) is 8.50. The zero-order valence-corrected chi connectivity index (χ0v) is 16.6. The maximum atomic E-state index is 12.8. The van der Waals surface area contributed by atoms with Gasteiger partial charge in [-0.15, -0.1) is 11.3 Å². The maximum absolute atomic E-state index is 12.8. The van der Waals surface area contributed by atoms with E-state index in [9.17, 15) is 13.2 Å². The van der Waals surface area contributed by atoms with Gasteiger partial charge in [-0.05, 0) is 42.3 Å². The highest BCUT2D eigenvalue weighted by atomic mass is 32.2. The molecule has 9 heteroatoms. The number of nitrogens with zero attached hydrogens (tertiary/aromatic N) is 2. The van der Waals surface area contributed by atoms with Crippen molar-refractivity contribution in [2.24, 2.45) is 0 Å². The molecule has 1 aromatic heterocycles. The highest BCUT2D eigenvalue weighted by Crippen LogP contribution is 2.30. The monoisotopic (exact) mass is 415 g/mol. The van der Waals surface area contributed by atoms with Crippen molar-refractivity contribution in [1.29, 1.82) is 0 Å². The van der Waals surface area contributed by atoms with Gasteiger partial charge < -0.3 is 9.64 Å². The summed E-state index contributed by atoms with van der Waals surface area (Å²) < 4.78 is 32.5. The molecule has 0 atom stereocenters. The molecule has 1 aliphatic rings. The van der Waals surface area contributed by atoms with Gasteiger partial charge in [0.05, 0.1) is 12.0 Å². The lowest BCUT2D eigenvalue weighted by atomic mass is 10.2. The van der Waals surface area contributed by atoms with Crippen molar-refractivity contribution in [3.63, 3.8) is 0 Å². The highest BCUT2D eigenvalue weighted by molar-refractivity contribution is 7.93. The number of carbonyl (C=O) groups is 1. The quantitative estimate of drug-likeness (QED) is 0.692. The molecule has 144 valence electrons. The summed E-state index contributed by atoms with van der Waals surface area (Å²) in [4.78, 5) is 18.8. The lowest BCUT2D eigenvalue weighted by molar-refractivity contribution is 0.0985. The molecule has 0 aliphatic carbocycles. The molecule has 28 heavy (non-hydrogen) atoms. The van der Waals surface area contributed by atoms with Gasteiger partial charge in [-0.2, -0.15) is 0 Å². The van der Waals surface area contributed by atoms with E-state index >= 15 is 0 Å². The second-order valence-electron chi connectivity index (χ2n) is 6.15. The van der Waals surface area contributed by atoms with E-state index in [4.69, 9.17) is 4.74 Å². The van der Waals surface area contributed by atoms with E-state index in [0.29, 0.717) is 12.3 Å². The number of thiazole rings is 1. The second-order valence-corrected chi connectivity index (χ2v) is 8.69. The molecule has 1 amide bonds. The Bertz CT molecular complexity index is 1120. The van der Waals surface area contributed by atoms with Crippen LogP contribution in [0, 0.1) is 0 Å². The maximum Gasteiger partial charge on any atom is 0.277 e. The van der Waals surface area contributed by atoms with Crippen molar-refractivity contribution < 1.29 is 17.9 Å². The molecular weight excluding hydrogens is 398 g/mol. The fraction of sp³-hybridized carbons (Fsp3) is 0.158. The minimum absolute atomic E-state index is 0.0878. The zero-order chi connectivity index (χ0) is 19.7. The van der Waals surface area contributed by atoms with E-state index in [-0.39, 0.29) is 21.6 Å². The molecule has 0 unspecified atom stereocenters. The number of carbonyl (C=O) groups excluding carboxylic acids is 1. The van der Waals surface area contributed by atoms with Crippen LogP contribution in [0.15, 0.2) is 58.8 Å². The number of benzene rings is 2. The summed E-state index contributed by atoms with van der Waals surface area (Å²) in [5, 5.41) is 1.71. The standard InChI is InChI=1S/C19H17N3O4S2/c1-26-14-6-8-15(9-7-14)28(24,25)21-19-20-16(12-27-19)18(23)22-11-10-13-4-2-3-5-17(13)22/h2-9,12H,10-11H2,1H3,(H,20,21). The second kappa shape index (κ2) is 7.25. The molecule has 7 nitrogen and oxygen atoms in total. The fourth-order valence-electron chi connectivity index (χ4n) is 3.04. The third-order valence-electron chi connectivity index (χ3n) is 4.45. The van der Waals surface area contributed by atoms with Crippen molar-refractivity contribution >= 4 is 38.1 Å². The van der Waals surface area contributed by atoms with Crippen LogP contribution in [-0.4, -0.2) is 33.0 Å². The highest BCUT2D eigenvalue weighted by Gasteiger charge is 2.27. The van der Waals surface area contributed by atoms with Crippen molar-refractivity contribution in [2.45, 2.75) is 11.3 Å². The molecule has 1 aliphatic heterocycles. The minimum Gasteiger partial charge on any atom is -0.497 e. The first kappa shape index (κ1) is 18.5. The van der Waals surface area contributed by atoms with Crippen LogP contribution in [0.25, 0.3) is 0 Å². The molecule has 1 N–H and O–H groups in total. The van der Waals surface area contributed by atoms with Crippen molar-refractivity contribution in [1.82, 2.24) is 4.98 Å². The van der Waals surface area contributed by atoms with Crippen LogP contribution in [0.3, 0.4) is 0 Å².